The van der Waals surface area contributed by atoms with Gasteiger partial charge in [0.25, 0.3) is 5.56 Å². The molecule has 0 bridgehead atoms. The van der Waals surface area contributed by atoms with Gasteiger partial charge in [-0.3, -0.25) is 14.4 Å². The highest BCUT2D eigenvalue weighted by Crippen LogP contribution is 2.35. The number of carboxylic acid groups (broad SMARTS) is 1. The lowest BCUT2D eigenvalue weighted by atomic mass is 9.98. The fourth-order valence-electron chi connectivity index (χ4n) is 4.55. The first-order valence-electron chi connectivity index (χ1n) is 13.4. The van der Waals surface area contributed by atoms with Crippen LogP contribution in [0.15, 0.2) is 83.7 Å². The second kappa shape index (κ2) is 12.4. The van der Waals surface area contributed by atoms with Crippen molar-refractivity contribution in [3.05, 3.63) is 111 Å². The van der Waals surface area contributed by atoms with Crippen molar-refractivity contribution in [3.63, 3.8) is 0 Å². The zero-order valence-electron chi connectivity index (χ0n) is 22.7. The Morgan fingerprint density at radius 2 is 1.74 bits per heavy atom. The normalized spacial score (nSPS) is 13.3. The molecule has 214 valence electrons. The van der Waals surface area contributed by atoms with Gasteiger partial charge in [-0.05, 0) is 79.3 Å². The van der Waals surface area contributed by atoms with Crippen LogP contribution in [0.3, 0.4) is 0 Å². The number of carbonyl (C=O) groups is 3. The fourth-order valence-corrected chi connectivity index (χ4v) is 4.72. The van der Waals surface area contributed by atoms with E-state index in [-0.39, 0.29) is 23.6 Å². The van der Waals surface area contributed by atoms with Crippen LogP contribution in [-0.4, -0.2) is 39.2 Å². The first-order chi connectivity index (χ1) is 20.2. The molecule has 4 aromatic rings. The molecule has 1 amide bonds. The van der Waals surface area contributed by atoms with Gasteiger partial charge in [0.15, 0.2) is 5.78 Å². The molecule has 10 heteroatoms. The first kappa shape index (κ1) is 28.8. The van der Waals surface area contributed by atoms with Crippen LogP contribution < -0.4 is 15.6 Å². The summed E-state index contributed by atoms with van der Waals surface area (Å²) in [6.45, 7) is 1.80. The van der Waals surface area contributed by atoms with Gasteiger partial charge in [0.2, 0.25) is 11.8 Å². The molecule has 1 aromatic heterocycles. The number of hydrogen-bond donors (Lipinski definition) is 2. The average molecular weight is 586 g/mol. The standard InChI is InChI=1S/C32H28ClN3O6/c1-19(37)25-14-11-23(33)16-26(25)27-17-29(38)36(35-31(27)42-18-21-7-8-21)28(15-20-5-3-2-4-6-20)30(39)34-24-12-9-22(10-13-24)32(40)41/h2-6,9-14,16-17,21,28H,7-8,15,18H2,1H3,(H,34,39)(H,40,41). The van der Waals surface area contributed by atoms with Crippen molar-refractivity contribution in [2.24, 2.45) is 5.92 Å². The third-order valence-corrected chi connectivity index (χ3v) is 7.23. The van der Waals surface area contributed by atoms with Crippen molar-refractivity contribution < 1.29 is 24.2 Å². The van der Waals surface area contributed by atoms with Crippen molar-refractivity contribution in [3.8, 4) is 17.0 Å². The molecule has 1 aliphatic carbocycles. The zero-order chi connectivity index (χ0) is 29.8. The van der Waals surface area contributed by atoms with Crippen LogP contribution in [0.2, 0.25) is 5.02 Å². The van der Waals surface area contributed by atoms with Crippen LogP contribution >= 0.6 is 11.6 Å². The van der Waals surface area contributed by atoms with Gasteiger partial charge < -0.3 is 15.2 Å². The Morgan fingerprint density at radius 3 is 2.38 bits per heavy atom. The van der Waals surface area contributed by atoms with Crippen LogP contribution in [0, 0.1) is 5.92 Å². The molecule has 1 unspecified atom stereocenters. The van der Waals surface area contributed by atoms with Crippen molar-refractivity contribution in [2.45, 2.75) is 32.2 Å². The van der Waals surface area contributed by atoms with E-state index in [0.717, 1.165) is 23.1 Å². The van der Waals surface area contributed by atoms with Crippen molar-refractivity contribution >= 4 is 34.9 Å². The number of aromatic carboxylic acids is 1. The Kier molecular flexibility index (Phi) is 8.49. The number of rotatable bonds is 11. The van der Waals surface area contributed by atoms with Crippen LogP contribution in [-0.2, 0) is 11.2 Å². The summed E-state index contributed by atoms with van der Waals surface area (Å²) in [7, 11) is 0. The lowest BCUT2D eigenvalue weighted by Crippen LogP contribution is -2.36. The minimum Gasteiger partial charge on any atom is -0.478 e. The van der Waals surface area contributed by atoms with E-state index in [1.165, 1.54) is 37.3 Å². The molecule has 1 fully saturated rings. The van der Waals surface area contributed by atoms with Gasteiger partial charge in [-0.2, -0.15) is 0 Å². The highest BCUT2D eigenvalue weighted by molar-refractivity contribution is 6.31. The molecular formula is C32H28ClN3O6. The zero-order valence-corrected chi connectivity index (χ0v) is 23.5. The molecule has 42 heavy (non-hydrogen) atoms. The van der Waals surface area contributed by atoms with E-state index in [0.29, 0.717) is 39.9 Å². The highest BCUT2D eigenvalue weighted by Gasteiger charge is 2.28. The van der Waals surface area contributed by atoms with E-state index in [2.05, 4.69) is 10.4 Å². The molecule has 1 saturated carbocycles. The minimum absolute atomic E-state index is 0.0747. The SMILES string of the molecule is CC(=O)c1ccc(Cl)cc1-c1cc(=O)n(C(Cc2ccccc2)C(=O)Nc2ccc(C(=O)O)cc2)nc1OCC1CC1. The van der Waals surface area contributed by atoms with E-state index in [1.54, 1.807) is 18.2 Å². The molecule has 0 aliphatic heterocycles. The Hall–Kier alpha value is -4.76. The smallest absolute Gasteiger partial charge is 0.335 e. The fraction of sp³-hybridized carbons (Fsp3) is 0.219. The number of Topliss-reactive ketones (excluding diaryl/α,β-unsaturated/α-hetero) is 1. The molecule has 1 heterocycles. The number of nitrogens with one attached hydrogen (secondary N) is 1. The number of ether oxygens (including phenoxy) is 1. The number of carbonyl (C=O) groups excluding carboxylic acids is 2. The van der Waals surface area contributed by atoms with E-state index in [4.69, 9.17) is 16.3 Å². The molecular weight excluding hydrogens is 558 g/mol. The molecule has 1 atom stereocenters. The molecule has 9 nitrogen and oxygen atoms in total. The van der Waals surface area contributed by atoms with Gasteiger partial charge in [-0.25, -0.2) is 9.48 Å². The predicted molar refractivity (Wildman–Crippen MR) is 158 cm³/mol. The number of anilines is 1. The predicted octanol–water partition coefficient (Wildman–Crippen LogP) is 5.68. The van der Waals surface area contributed by atoms with Gasteiger partial charge in [0.05, 0.1) is 17.7 Å². The third-order valence-electron chi connectivity index (χ3n) is 7.00. The number of benzene rings is 3. The van der Waals surface area contributed by atoms with Gasteiger partial charge in [-0.15, -0.1) is 5.10 Å². The lowest BCUT2D eigenvalue weighted by molar-refractivity contribution is -0.119. The topological polar surface area (TPSA) is 128 Å². The second-order valence-corrected chi connectivity index (χ2v) is 10.7. The van der Waals surface area contributed by atoms with Crippen molar-refractivity contribution in [1.82, 2.24) is 9.78 Å². The van der Waals surface area contributed by atoms with E-state index < -0.39 is 23.5 Å². The molecule has 1 aliphatic rings. The number of ketones is 1. The summed E-state index contributed by atoms with van der Waals surface area (Å²) >= 11 is 6.28. The Balaban J connectivity index is 1.59. The van der Waals surface area contributed by atoms with Crippen molar-refractivity contribution in [1.29, 1.82) is 0 Å². The van der Waals surface area contributed by atoms with Gasteiger partial charge in [0.1, 0.15) is 6.04 Å². The first-order valence-corrected chi connectivity index (χ1v) is 13.8. The summed E-state index contributed by atoms with van der Waals surface area (Å²) in [5.41, 5.74) is 1.75. The van der Waals surface area contributed by atoms with Gasteiger partial charge in [0, 0.05) is 28.8 Å². The summed E-state index contributed by atoms with van der Waals surface area (Å²) in [5, 5.41) is 16.9. The lowest BCUT2D eigenvalue weighted by Gasteiger charge is -2.21. The van der Waals surface area contributed by atoms with Crippen molar-refractivity contribution in [2.75, 3.05) is 11.9 Å². The monoisotopic (exact) mass is 585 g/mol. The molecule has 3 aromatic carbocycles. The molecule has 2 N–H and O–H groups in total. The Morgan fingerprint density at radius 1 is 1.02 bits per heavy atom. The minimum atomic E-state index is -1.09. The van der Waals surface area contributed by atoms with Crippen LogP contribution in [0.1, 0.15) is 52.1 Å². The highest BCUT2D eigenvalue weighted by atomic mass is 35.5. The van der Waals surface area contributed by atoms with Crippen LogP contribution in [0.25, 0.3) is 11.1 Å². The largest absolute Gasteiger partial charge is 0.478 e. The number of nitrogens with zero attached hydrogens (tertiary/aromatic N) is 2. The number of halogens is 1. The van der Waals surface area contributed by atoms with E-state index >= 15 is 0 Å². The maximum atomic E-state index is 13.7. The average Bonchev–Trinajstić information content (AvgIpc) is 3.80. The quantitative estimate of drug-likeness (QED) is 0.217. The number of aromatic nitrogens is 2. The van der Waals surface area contributed by atoms with E-state index in [9.17, 15) is 24.3 Å². The number of carboxylic acids is 1. The van der Waals surface area contributed by atoms with Crippen LogP contribution in [0.5, 0.6) is 5.88 Å². The number of amides is 1. The van der Waals surface area contributed by atoms with Gasteiger partial charge in [-0.1, -0.05) is 41.9 Å². The third kappa shape index (κ3) is 6.75. The Bertz CT molecular complexity index is 1700. The van der Waals surface area contributed by atoms with E-state index in [1.807, 2.05) is 30.3 Å². The van der Waals surface area contributed by atoms with Crippen LogP contribution in [0.4, 0.5) is 5.69 Å². The summed E-state index contributed by atoms with van der Waals surface area (Å²) in [6.07, 6.45) is 2.18. The molecule has 5 rings (SSSR count). The summed E-state index contributed by atoms with van der Waals surface area (Å²) in [6, 6.07) is 20.0. The second-order valence-electron chi connectivity index (χ2n) is 10.2. The summed E-state index contributed by atoms with van der Waals surface area (Å²) < 4.78 is 7.20. The molecule has 0 saturated heterocycles. The Labute approximate surface area is 246 Å². The molecule has 0 radical (unpaired) electrons. The van der Waals surface area contributed by atoms with Gasteiger partial charge >= 0.3 is 5.97 Å². The molecule has 0 spiro atoms. The summed E-state index contributed by atoms with van der Waals surface area (Å²) in [5.74, 6) is -1.34. The number of hydrogen-bond acceptors (Lipinski definition) is 6. The maximum absolute atomic E-state index is 13.7. The summed E-state index contributed by atoms with van der Waals surface area (Å²) in [4.78, 5) is 51.0. The maximum Gasteiger partial charge on any atom is 0.335 e.